The number of anilines is 1. The Morgan fingerprint density at radius 2 is 1.81 bits per heavy atom. The topological polar surface area (TPSA) is 79.0 Å². The molecule has 0 unspecified atom stereocenters. The lowest BCUT2D eigenvalue weighted by atomic mass is 10.2. The summed E-state index contributed by atoms with van der Waals surface area (Å²) in [4.78, 5) is 4.03. The number of halogens is 3. The van der Waals surface area contributed by atoms with Crippen LogP contribution in [0.25, 0.3) is 11.0 Å². The molecule has 10 heteroatoms. The Morgan fingerprint density at radius 3 is 2.34 bits per heavy atom. The summed E-state index contributed by atoms with van der Waals surface area (Å²) in [7, 11) is -4.67. The van der Waals surface area contributed by atoms with Crippen molar-refractivity contribution in [1.29, 1.82) is 5.26 Å². The Bertz CT molecular complexity index is 1280. The molecule has 6 nitrogen and oxygen atoms in total. The van der Waals surface area contributed by atoms with Crippen LogP contribution in [0.3, 0.4) is 0 Å². The maximum absolute atomic E-state index is 14.0. The fourth-order valence-corrected chi connectivity index (χ4v) is 5.22. The van der Waals surface area contributed by atoms with Crippen molar-refractivity contribution in [2.24, 2.45) is 5.92 Å². The lowest BCUT2D eigenvalue weighted by molar-refractivity contribution is -0.142. The minimum Gasteiger partial charge on any atom is -0.310 e. The number of alkyl halides is 3. The van der Waals surface area contributed by atoms with E-state index in [0.717, 1.165) is 6.92 Å². The summed E-state index contributed by atoms with van der Waals surface area (Å²) in [5.74, 6) is -0.385. The van der Waals surface area contributed by atoms with Gasteiger partial charge in [0, 0.05) is 18.1 Å². The number of aryl methyl sites for hydroxylation is 1. The number of nitrogens with zero attached hydrogens (tertiary/aromatic N) is 4. The lowest BCUT2D eigenvalue weighted by Crippen LogP contribution is -2.48. The van der Waals surface area contributed by atoms with Gasteiger partial charge in [0.15, 0.2) is 0 Å². The van der Waals surface area contributed by atoms with Crippen LogP contribution in [0, 0.1) is 24.2 Å². The molecular weight excluding hydrogens is 441 g/mol. The van der Waals surface area contributed by atoms with Crippen LogP contribution in [0.5, 0.6) is 0 Å². The SMILES string of the molecule is Cc1cnc2c(c1)c(C#N)c(N([C@@H](C)C(F)(F)F)S(=O)(=O)c1ccccc1)n2CC(C)C. The van der Waals surface area contributed by atoms with Gasteiger partial charge in [-0.2, -0.15) is 18.4 Å². The molecule has 2 aromatic heterocycles. The molecule has 2 heterocycles. The Labute approximate surface area is 185 Å². The first-order valence-electron chi connectivity index (χ1n) is 9.94. The fraction of sp³-hybridized carbons (Fsp3) is 0.364. The zero-order valence-electron chi connectivity index (χ0n) is 18.1. The molecule has 32 heavy (non-hydrogen) atoms. The molecule has 0 N–H and O–H groups in total. The van der Waals surface area contributed by atoms with Crippen LogP contribution in [0.1, 0.15) is 31.9 Å². The molecule has 1 aromatic carbocycles. The van der Waals surface area contributed by atoms with Crippen molar-refractivity contribution in [1.82, 2.24) is 9.55 Å². The Hall–Kier alpha value is -3.06. The number of benzene rings is 1. The van der Waals surface area contributed by atoms with Crippen molar-refractivity contribution in [3.8, 4) is 6.07 Å². The van der Waals surface area contributed by atoms with Crippen molar-refractivity contribution < 1.29 is 21.6 Å². The normalized spacial score (nSPS) is 13.3. The van der Waals surface area contributed by atoms with E-state index >= 15 is 0 Å². The summed E-state index contributed by atoms with van der Waals surface area (Å²) in [6, 6.07) is 8.05. The zero-order chi connectivity index (χ0) is 23.8. The molecule has 0 saturated heterocycles. The third-order valence-corrected chi connectivity index (χ3v) is 6.88. The van der Waals surface area contributed by atoms with Crippen LogP contribution in [-0.4, -0.2) is 30.2 Å². The van der Waals surface area contributed by atoms with Crippen LogP contribution in [0.15, 0.2) is 47.5 Å². The average molecular weight is 465 g/mol. The number of sulfonamides is 1. The number of hydrogen-bond acceptors (Lipinski definition) is 4. The van der Waals surface area contributed by atoms with E-state index in [1.807, 2.05) is 19.9 Å². The largest absolute Gasteiger partial charge is 0.409 e. The van der Waals surface area contributed by atoms with E-state index in [0.29, 0.717) is 15.3 Å². The predicted molar refractivity (Wildman–Crippen MR) is 116 cm³/mol. The van der Waals surface area contributed by atoms with Crippen LogP contribution in [0.4, 0.5) is 19.0 Å². The number of nitriles is 1. The van der Waals surface area contributed by atoms with Gasteiger partial charge in [-0.15, -0.1) is 0 Å². The standard InChI is InChI=1S/C22H23F3N4O2S/c1-14(2)13-28-20-18(10-15(3)12-27-20)19(11-26)21(28)29(16(4)22(23,24)25)32(30,31)17-8-6-5-7-9-17/h5-10,12,14,16H,13H2,1-4H3/t16-/m0/s1. The van der Waals surface area contributed by atoms with Crippen molar-refractivity contribution in [2.45, 2.75) is 51.4 Å². The number of fused-ring (bicyclic) bond motifs is 1. The molecule has 3 aromatic rings. The summed E-state index contributed by atoms with van der Waals surface area (Å²) in [5.41, 5.74) is 0.800. The highest BCUT2D eigenvalue weighted by molar-refractivity contribution is 7.92. The van der Waals surface area contributed by atoms with E-state index in [-0.39, 0.29) is 34.4 Å². The second-order valence-corrected chi connectivity index (χ2v) is 9.85. The summed E-state index contributed by atoms with van der Waals surface area (Å²) in [6.45, 7) is 6.38. The molecule has 3 rings (SSSR count). The van der Waals surface area contributed by atoms with Crippen molar-refractivity contribution in [2.75, 3.05) is 4.31 Å². The second kappa shape index (κ2) is 8.47. The fourth-order valence-electron chi connectivity index (χ4n) is 3.54. The second-order valence-electron chi connectivity index (χ2n) is 8.03. The zero-order valence-corrected chi connectivity index (χ0v) is 18.9. The predicted octanol–water partition coefficient (Wildman–Crippen LogP) is 5.02. The smallest absolute Gasteiger partial charge is 0.310 e. The van der Waals surface area contributed by atoms with Gasteiger partial charge in [-0.1, -0.05) is 32.0 Å². The first-order chi connectivity index (χ1) is 14.9. The van der Waals surface area contributed by atoms with Gasteiger partial charge in [0.1, 0.15) is 29.1 Å². The molecule has 0 aliphatic rings. The Kier molecular flexibility index (Phi) is 6.24. The molecule has 0 spiro atoms. The van der Waals surface area contributed by atoms with Crippen molar-refractivity contribution in [3.63, 3.8) is 0 Å². The third kappa shape index (κ3) is 4.17. The van der Waals surface area contributed by atoms with Crippen LogP contribution < -0.4 is 4.31 Å². The van der Waals surface area contributed by atoms with E-state index in [1.54, 1.807) is 19.1 Å². The highest BCUT2D eigenvalue weighted by Gasteiger charge is 2.47. The molecule has 0 aliphatic heterocycles. The summed E-state index contributed by atoms with van der Waals surface area (Å²) in [6.07, 6.45) is -3.34. The first-order valence-corrected chi connectivity index (χ1v) is 11.4. The van der Waals surface area contributed by atoms with Gasteiger partial charge in [0.05, 0.1) is 4.90 Å². The monoisotopic (exact) mass is 464 g/mol. The van der Waals surface area contributed by atoms with Crippen LogP contribution in [-0.2, 0) is 16.6 Å². The molecule has 0 radical (unpaired) electrons. The number of pyridine rings is 1. The van der Waals surface area contributed by atoms with E-state index in [2.05, 4.69) is 4.98 Å². The molecule has 1 atom stereocenters. The molecule has 170 valence electrons. The van der Waals surface area contributed by atoms with Gasteiger partial charge >= 0.3 is 6.18 Å². The van der Waals surface area contributed by atoms with Crippen molar-refractivity contribution >= 4 is 26.9 Å². The highest BCUT2D eigenvalue weighted by Crippen LogP contribution is 2.40. The van der Waals surface area contributed by atoms with Crippen LogP contribution in [0.2, 0.25) is 0 Å². The van der Waals surface area contributed by atoms with E-state index in [4.69, 9.17) is 0 Å². The van der Waals surface area contributed by atoms with Gasteiger partial charge in [-0.05, 0) is 43.5 Å². The van der Waals surface area contributed by atoms with Crippen molar-refractivity contribution in [3.05, 3.63) is 53.7 Å². The van der Waals surface area contributed by atoms with Gasteiger partial charge in [-0.3, -0.25) is 0 Å². The lowest BCUT2D eigenvalue weighted by Gasteiger charge is -2.32. The number of hydrogen-bond donors (Lipinski definition) is 0. The molecule has 0 amide bonds. The summed E-state index contributed by atoms with van der Waals surface area (Å²) in [5, 5.41) is 10.2. The Balaban J connectivity index is 2.47. The van der Waals surface area contributed by atoms with Gasteiger partial charge in [0.2, 0.25) is 0 Å². The number of aromatic nitrogens is 2. The van der Waals surface area contributed by atoms with E-state index < -0.39 is 22.2 Å². The molecule has 0 fully saturated rings. The van der Waals surface area contributed by atoms with Crippen LogP contribution >= 0.6 is 0 Å². The third-order valence-electron chi connectivity index (χ3n) is 5.00. The molecular formula is C22H23F3N4O2S. The molecule has 0 aliphatic carbocycles. The average Bonchev–Trinajstić information content (AvgIpc) is 2.99. The maximum atomic E-state index is 14.0. The number of rotatable bonds is 6. The Morgan fingerprint density at radius 1 is 1.19 bits per heavy atom. The van der Waals surface area contributed by atoms with Gasteiger partial charge in [-0.25, -0.2) is 17.7 Å². The molecule has 0 saturated carbocycles. The van der Waals surface area contributed by atoms with Gasteiger partial charge < -0.3 is 4.57 Å². The summed E-state index contributed by atoms with van der Waals surface area (Å²) >= 11 is 0. The quantitative estimate of drug-likeness (QED) is 0.513. The minimum atomic E-state index is -4.88. The van der Waals surface area contributed by atoms with Gasteiger partial charge in [0.25, 0.3) is 10.0 Å². The molecule has 0 bridgehead atoms. The highest BCUT2D eigenvalue weighted by atomic mass is 32.2. The summed E-state index contributed by atoms with van der Waals surface area (Å²) < 4.78 is 70.7. The minimum absolute atomic E-state index is 0.0542. The van der Waals surface area contributed by atoms with E-state index in [1.165, 1.54) is 35.0 Å². The first kappa shape index (κ1) is 23.6. The maximum Gasteiger partial charge on any atom is 0.409 e. The van der Waals surface area contributed by atoms with E-state index in [9.17, 15) is 26.9 Å².